The number of aliphatic imine (C=N–C) groups is 1. The molecule has 0 aliphatic carbocycles. The lowest BCUT2D eigenvalue weighted by molar-refractivity contribution is 0.476. The third-order valence-corrected chi connectivity index (χ3v) is 3.05. The summed E-state index contributed by atoms with van der Waals surface area (Å²) in [5.74, 6) is 1.16. The number of hydrogen-bond acceptors (Lipinski definition) is 2. The Morgan fingerprint density at radius 3 is 3.07 bits per heavy atom. The first-order valence-corrected chi connectivity index (χ1v) is 5.46. The lowest BCUT2D eigenvalue weighted by Gasteiger charge is -2.34. The number of nitrogens with zero attached hydrogens (tertiary/aromatic N) is 2. The van der Waals surface area contributed by atoms with Gasteiger partial charge in [-0.1, -0.05) is 24.3 Å². The van der Waals surface area contributed by atoms with Gasteiger partial charge >= 0.3 is 0 Å². The maximum Gasteiger partial charge on any atom is 0.135 e. The van der Waals surface area contributed by atoms with Crippen LogP contribution in [-0.4, -0.2) is 23.8 Å². The molecule has 1 aromatic carbocycles. The summed E-state index contributed by atoms with van der Waals surface area (Å²) in [6.07, 6.45) is 3.41. The van der Waals surface area contributed by atoms with Gasteiger partial charge < -0.3 is 4.90 Å². The molecule has 0 saturated heterocycles. The van der Waals surface area contributed by atoms with Gasteiger partial charge in [0.05, 0.1) is 0 Å². The van der Waals surface area contributed by atoms with Crippen LogP contribution in [0.1, 0.15) is 24.5 Å². The van der Waals surface area contributed by atoms with E-state index in [1.807, 2.05) is 0 Å². The second-order valence-corrected chi connectivity index (χ2v) is 4.08. The molecule has 2 heterocycles. The fourth-order valence-corrected chi connectivity index (χ4v) is 2.31. The minimum atomic E-state index is 0.966. The van der Waals surface area contributed by atoms with E-state index >= 15 is 0 Å². The van der Waals surface area contributed by atoms with Gasteiger partial charge in [-0.05, 0) is 25.0 Å². The highest BCUT2D eigenvalue weighted by Crippen LogP contribution is 2.26. The molecule has 2 aliphatic rings. The maximum absolute atomic E-state index is 4.64. The van der Waals surface area contributed by atoms with Crippen molar-refractivity contribution in [3.8, 4) is 0 Å². The molecule has 2 heteroatoms. The van der Waals surface area contributed by atoms with Crippen molar-refractivity contribution in [2.45, 2.75) is 13.3 Å². The van der Waals surface area contributed by atoms with E-state index in [1.165, 1.54) is 16.8 Å². The number of benzene rings is 1. The first-order chi connectivity index (χ1) is 7.36. The molecule has 0 spiro atoms. The largest absolute Gasteiger partial charge is 0.330 e. The molecular formula is C13H14N2. The van der Waals surface area contributed by atoms with E-state index in [9.17, 15) is 0 Å². The lowest BCUT2D eigenvalue weighted by atomic mass is 9.99. The highest BCUT2D eigenvalue weighted by Gasteiger charge is 2.23. The number of allylic oxidation sites excluding steroid dienone is 1. The van der Waals surface area contributed by atoms with Crippen LogP contribution in [0, 0.1) is 0 Å². The summed E-state index contributed by atoms with van der Waals surface area (Å²) in [7, 11) is 0. The fraction of sp³-hybridized carbons (Fsp3) is 0.308. The van der Waals surface area contributed by atoms with Crippen molar-refractivity contribution in [2.24, 2.45) is 4.99 Å². The predicted octanol–water partition coefficient (Wildman–Crippen LogP) is 2.51. The molecule has 0 amide bonds. The number of hydrogen-bond donors (Lipinski definition) is 0. The summed E-state index contributed by atoms with van der Waals surface area (Å²) in [6, 6.07) is 8.49. The van der Waals surface area contributed by atoms with Crippen LogP contribution in [0.2, 0.25) is 0 Å². The Hall–Kier alpha value is -1.57. The first-order valence-electron chi connectivity index (χ1n) is 5.46. The molecule has 0 saturated carbocycles. The van der Waals surface area contributed by atoms with E-state index in [1.54, 1.807) is 0 Å². The van der Waals surface area contributed by atoms with Crippen LogP contribution in [0.5, 0.6) is 0 Å². The lowest BCUT2D eigenvalue weighted by Crippen LogP contribution is -2.37. The van der Waals surface area contributed by atoms with E-state index in [0.29, 0.717) is 0 Å². The molecule has 0 N–H and O–H groups in total. The average Bonchev–Trinajstić information content (AvgIpc) is 2.30. The highest BCUT2D eigenvalue weighted by atomic mass is 15.2. The molecule has 3 rings (SSSR count). The molecule has 1 aromatic rings. The molecule has 0 aromatic heterocycles. The highest BCUT2D eigenvalue weighted by molar-refractivity contribution is 6.05. The Kier molecular flexibility index (Phi) is 1.88. The third kappa shape index (κ3) is 1.29. The van der Waals surface area contributed by atoms with E-state index < -0.39 is 0 Å². The smallest absolute Gasteiger partial charge is 0.135 e. The summed E-state index contributed by atoms with van der Waals surface area (Å²) >= 11 is 0. The van der Waals surface area contributed by atoms with Crippen molar-refractivity contribution in [2.75, 3.05) is 13.1 Å². The molecule has 0 bridgehead atoms. The second-order valence-electron chi connectivity index (χ2n) is 4.08. The molecule has 0 atom stereocenters. The number of rotatable bonds is 0. The van der Waals surface area contributed by atoms with Gasteiger partial charge in [-0.2, -0.15) is 0 Å². The monoisotopic (exact) mass is 198 g/mol. The Morgan fingerprint density at radius 2 is 2.13 bits per heavy atom. The summed E-state index contributed by atoms with van der Waals surface area (Å²) in [4.78, 5) is 6.97. The predicted molar refractivity (Wildman–Crippen MR) is 62.8 cm³/mol. The maximum atomic E-state index is 4.64. The van der Waals surface area contributed by atoms with Crippen molar-refractivity contribution in [3.63, 3.8) is 0 Å². The zero-order valence-corrected chi connectivity index (χ0v) is 8.90. The van der Waals surface area contributed by atoms with Gasteiger partial charge in [0.15, 0.2) is 0 Å². The van der Waals surface area contributed by atoms with Gasteiger partial charge in [0.2, 0.25) is 0 Å². The van der Waals surface area contributed by atoms with Crippen molar-refractivity contribution < 1.29 is 0 Å². The molecule has 2 nitrogen and oxygen atoms in total. The van der Waals surface area contributed by atoms with Gasteiger partial charge in [-0.25, -0.2) is 0 Å². The molecule has 0 radical (unpaired) electrons. The van der Waals surface area contributed by atoms with E-state index in [4.69, 9.17) is 0 Å². The Bertz CT molecular complexity index is 457. The van der Waals surface area contributed by atoms with Crippen LogP contribution < -0.4 is 0 Å². The number of amidine groups is 1. The quantitative estimate of drug-likeness (QED) is 0.625. The zero-order chi connectivity index (χ0) is 10.3. The van der Waals surface area contributed by atoms with Crippen molar-refractivity contribution in [1.82, 2.24) is 4.90 Å². The minimum Gasteiger partial charge on any atom is -0.330 e. The van der Waals surface area contributed by atoms with E-state index in [-0.39, 0.29) is 0 Å². The van der Waals surface area contributed by atoms with Crippen LogP contribution in [0.3, 0.4) is 0 Å². The van der Waals surface area contributed by atoms with Gasteiger partial charge in [0, 0.05) is 24.4 Å². The van der Waals surface area contributed by atoms with E-state index in [0.717, 1.165) is 25.3 Å². The summed E-state index contributed by atoms with van der Waals surface area (Å²) < 4.78 is 0. The Morgan fingerprint density at radius 1 is 1.27 bits per heavy atom. The minimum absolute atomic E-state index is 0.966. The van der Waals surface area contributed by atoms with Crippen molar-refractivity contribution in [3.05, 3.63) is 41.1 Å². The molecule has 0 fully saturated rings. The topological polar surface area (TPSA) is 15.6 Å². The third-order valence-electron chi connectivity index (χ3n) is 3.05. The van der Waals surface area contributed by atoms with Crippen LogP contribution in [0.4, 0.5) is 0 Å². The summed E-state index contributed by atoms with van der Waals surface area (Å²) in [5.41, 5.74) is 3.89. The molecule has 15 heavy (non-hydrogen) atoms. The van der Waals surface area contributed by atoms with Gasteiger partial charge in [-0.15, -0.1) is 0 Å². The second kappa shape index (κ2) is 3.23. The first kappa shape index (κ1) is 8.72. The van der Waals surface area contributed by atoms with Gasteiger partial charge in [0.1, 0.15) is 5.84 Å². The van der Waals surface area contributed by atoms with Crippen LogP contribution in [0.25, 0.3) is 6.08 Å². The standard InChI is InChI=1S/C13H14N2/c1-10-9-11-5-2-3-6-12(11)13-14-7-4-8-15(10)13/h2-3,5-6,9H,4,7-8H2,1H3. The number of fused-ring (bicyclic) bond motifs is 3. The van der Waals surface area contributed by atoms with Gasteiger partial charge in [0.25, 0.3) is 0 Å². The van der Waals surface area contributed by atoms with Gasteiger partial charge in [-0.3, -0.25) is 4.99 Å². The molecule has 76 valence electrons. The van der Waals surface area contributed by atoms with Crippen molar-refractivity contribution in [1.29, 1.82) is 0 Å². The summed E-state index contributed by atoms with van der Waals surface area (Å²) in [5, 5.41) is 0. The molecule has 0 unspecified atom stereocenters. The van der Waals surface area contributed by atoms with Crippen molar-refractivity contribution >= 4 is 11.9 Å². The zero-order valence-electron chi connectivity index (χ0n) is 8.90. The van der Waals surface area contributed by atoms with Crippen LogP contribution >= 0.6 is 0 Å². The van der Waals surface area contributed by atoms with Crippen LogP contribution in [0.15, 0.2) is 35.0 Å². The Balaban J connectivity index is 2.21. The average molecular weight is 198 g/mol. The molecule has 2 aliphatic heterocycles. The van der Waals surface area contributed by atoms with E-state index in [2.05, 4.69) is 47.2 Å². The SMILES string of the molecule is CC1=Cc2ccccc2C2=NCCCN12. The summed E-state index contributed by atoms with van der Waals surface area (Å²) in [6.45, 7) is 4.24. The fourth-order valence-electron chi connectivity index (χ4n) is 2.31. The van der Waals surface area contributed by atoms with Crippen LogP contribution in [-0.2, 0) is 0 Å². The molecular weight excluding hydrogens is 184 g/mol. The Labute approximate surface area is 89.9 Å². The normalized spacial score (nSPS) is 18.9.